The van der Waals surface area contributed by atoms with E-state index in [9.17, 15) is 9.90 Å². The zero-order valence-electron chi connectivity index (χ0n) is 14.7. The molecule has 0 aliphatic rings. The second kappa shape index (κ2) is 7.47. The van der Waals surface area contributed by atoms with Gasteiger partial charge in [-0.1, -0.05) is 47.6 Å². The summed E-state index contributed by atoms with van der Waals surface area (Å²) in [6, 6.07) is 3.66. The molecule has 8 nitrogen and oxygen atoms in total. The van der Waals surface area contributed by atoms with Crippen molar-refractivity contribution in [2.75, 3.05) is 0 Å². The van der Waals surface area contributed by atoms with Crippen molar-refractivity contribution in [1.82, 2.24) is 5.43 Å². The highest BCUT2D eigenvalue weighted by Crippen LogP contribution is 2.37. The molecule has 0 aliphatic heterocycles. The van der Waals surface area contributed by atoms with E-state index < -0.39 is 16.3 Å². The van der Waals surface area contributed by atoms with Crippen LogP contribution in [-0.4, -0.2) is 28.5 Å². The van der Waals surface area contributed by atoms with E-state index in [-0.39, 0.29) is 22.1 Å². The van der Waals surface area contributed by atoms with Crippen molar-refractivity contribution >= 4 is 16.3 Å². The van der Waals surface area contributed by atoms with Gasteiger partial charge in [0.1, 0.15) is 5.75 Å². The first kappa shape index (κ1) is 22.3. The highest BCUT2D eigenvalue weighted by atomic mass is 32.3. The van der Waals surface area contributed by atoms with Crippen LogP contribution in [0.2, 0.25) is 0 Å². The number of hydrazine groups is 1. The second-order valence-corrected chi connectivity index (χ2v) is 8.24. The molecule has 0 aliphatic carbocycles. The molecule has 1 amide bonds. The lowest BCUT2D eigenvalue weighted by molar-refractivity contribution is 0.0950. The number of phenols is 1. The van der Waals surface area contributed by atoms with Crippen molar-refractivity contribution in [3.05, 3.63) is 28.8 Å². The summed E-state index contributed by atoms with van der Waals surface area (Å²) in [4.78, 5) is 11.8. The minimum atomic E-state index is -4.67. The maximum absolute atomic E-state index is 11.8. The first-order valence-corrected chi connectivity index (χ1v) is 8.47. The number of carbonyl (C=O) groups is 1. The summed E-state index contributed by atoms with van der Waals surface area (Å²) in [6.45, 7) is 12.2. The van der Waals surface area contributed by atoms with Crippen LogP contribution in [0.25, 0.3) is 0 Å². The van der Waals surface area contributed by atoms with Gasteiger partial charge in [0.25, 0.3) is 5.91 Å². The third-order valence-electron chi connectivity index (χ3n) is 3.16. The standard InChI is InChI=1S/C15H24N2O2.H2O4S/c1-14(2,3)9-7-10(13(19)17-16)12(18)11(8-9)15(4,5)6;1-5(2,3)4/h7-8,18H,16H2,1-6H3,(H,17,19);(H2,1,2,3,4). The monoisotopic (exact) mass is 362 g/mol. The molecule has 0 spiro atoms. The maximum atomic E-state index is 11.8. The molecule has 0 radical (unpaired) electrons. The Labute approximate surface area is 142 Å². The molecular formula is C15H26N2O6S. The zero-order chi connectivity index (χ0) is 19.5. The molecule has 0 saturated heterocycles. The number of hydrogen-bond donors (Lipinski definition) is 5. The molecule has 0 aromatic heterocycles. The molecule has 1 aromatic rings. The summed E-state index contributed by atoms with van der Waals surface area (Å²) < 4.78 is 31.6. The third-order valence-corrected chi connectivity index (χ3v) is 3.16. The smallest absolute Gasteiger partial charge is 0.394 e. The van der Waals surface area contributed by atoms with E-state index in [1.807, 2.05) is 26.8 Å². The normalized spacial score (nSPS) is 12.2. The molecule has 0 unspecified atom stereocenters. The van der Waals surface area contributed by atoms with E-state index in [1.165, 1.54) is 0 Å². The largest absolute Gasteiger partial charge is 0.507 e. The average Bonchev–Trinajstić information content (AvgIpc) is 2.33. The van der Waals surface area contributed by atoms with Crippen LogP contribution in [0.1, 0.15) is 63.0 Å². The van der Waals surface area contributed by atoms with E-state index in [0.717, 1.165) is 11.1 Å². The number of rotatable bonds is 1. The summed E-state index contributed by atoms with van der Waals surface area (Å²) in [5, 5.41) is 10.3. The van der Waals surface area contributed by atoms with Crippen LogP contribution in [0.3, 0.4) is 0 Å². The number of hydrogen-bond acceptors (Lipinski definition) is 5. The molecule has 0 heterocycles. The number of nitrogens with two attached hydrogens (primary N) is 1. The van der Waals surface area contributed by atoms with Crippen molar-refractivity contribution in [2.45, 2.75) is 52.4 Å². The Morgan fingerprint density at radius 1 is 1.04 bits per heavy atom. The predicted octanol–water partition coefficient (Wildman–Crippen LogP) is 1.94. The van der Waals surface area contributed by atoms with E-state index in [4.69, 9.17) is 23.4 Å². The van der Waals surface area contributed by atoms with Crippen LogP contribution >= 0.6 is 0 Å². The number of nitrogen functional groups attached to an aromatic ring is 1. The van der Waals surface area contributed by atoms with E-state index in [0.29, 0.717) is 0 Å². The quantitative estimate of drug-likeness (QED) is 0.222. The van der Waals surface area contributed by atoms with Crippen LogP contribution in [0.4, 0.5) is 0 Å². The summed E-state index contributed by atoms with van der Waals surface area (Å²) >= 11 is 0. The van der Waals surface area contributed by atoms with Crippen LogP contribution in [-0.2, 0) is 21.2 Å². The Morgan fingerprint density at radius 3 is 1.75 bits per heavy atom. The van der Waals surface area contributed by atoms with Gasteiger partial charge in [-0.25, -0.2) is 5.84 Å². The maximum Gasteiger partial charge on any atom is 0.394 e. The number of benzene rings is 1. The molecule has 1 aromatic carbocycles. The van der Waals surface area contributed by atoms with Gasteiger partial charge in [-0.15, -0.1) is 0 Å². The molecular weight excluding hydrogens is 336 g/mol. The average molecular weight is 362 g/mol. The third kappa shape index (κ3) is 7.26. The molecule has 0 atom stereocenters. The van der Waals surface area contributed by atoms with Gasteiger partial charge >= 0.3 is 10.4 Å². The van der Waals surface area contributed by atoms with Gasteiger partial charge in [0.2, 0.25) is 0 Å². The summed E-state index contributed by atoms with van der Waals surface area (Å²) in [5.41, 5.74) is 3.68. The fraction of sp³-hybridized carbons (Fsp3) is 0.533. The van der Waals surface area contributed by atoms with E-state index >= 15 is 0 Å². The Morgan fingerprint density at radius 2 is 1.46 bits per heavy atom. The molecule has 0 saturated carbocycles. The molecule has 6 N–H and O–H groups in total. The van der Waals surface area contributed by atoms with Crippen LogP contribution < -0.4 is 11.3 Å². The molecule has 0 fully saturated rings. The lowest BCUT2D eigenvalue weighted by atomic mass is 9.79. The second-order valence-electron chi connectivity index (χ2n) is 7.34. The van der Waals surface area contributed by atoms with Gasteiger partial charge in [0, 0.05) is 5.56 Å². The Kier molecular flexibility index (Phi) is 6.95. The highest BCUT2D eigenvalue weighted by Gasteiger charge is 2.26. The number of phenolic OH excluding ortho intramolecular Hbond substituents is 1. The lowest BCUT2D eigenvalue weighted by Gasteiger charge is -2.27. The molecule has 1 rings (SSSR count). The van der Waals surface area contributed by atoms with Gasteiger partial charge in [-0.2, -0.15) is 8.42 Å². The predicted molar refractivity (Wildman–Crippen MR) is 91.3 cm³/mol. The Bertz CT molecular complexity index is 692. The first-order valence-electron chi connectivity index (χ1n) is 7.07. The Hall–Kier alpha value is -1.68. The Balaban J connectivity index is 0.000000922. The number of carbonyl (C=O) groups excluding carboxylic acids is 1. The van der Waals surface area contributed by atoms with Gasteiger partial charge in [0.05, 0.1) is 5.56 Å². The van der Waals surface area contributed by atoms with E-state index in [1.54, 1.807) is 6.07 Å². The topological polar surface area (TPSA) is 150 Å². The number of aromatic hydroxyl groups is 1. The molecule has 0 bridgehead atoms. The summed E-state index contributed by atoms with van der Waals surface area (Å²) in [6.07, 6.45) is 0. The van der Waals surface area contributed by atoms with Crippen LogP contribution in [0.15, 0.2) is 12.1 Å². The van der Waals surface area contributed by atoms with Gasteiger partial charge < -0.3 is 5.11 Å². The summed E-state index contributed by atoms with van der Waals surface area (Å²) in [7, 11) is -4.67. The van der Waals surface area contributed by atoms with Gasteiger partial charge in [0.15, 0.2) is 0 Å². The van der Waals surface area contributed by atoms with Crippen LogP contribution in [0.5, 0.6) is 5.75 Å². The van der Waals surface area contributed by atoms with Crippen molar-refractivity contribution in [2.24, 2.45) is 5.84 Å². The first-order chi connectivity index (χ1) is 10.5. The van der Waals surface area contributed by atoms with E-state index in [2.05, 4.69) is 26.2 Å². The zero-order valence-corrected chi connectivity index (χ0v) is 15.5. The fourth-order valence-corrected chi connectivity index (χ4v) is 1.89. The highest BCUT2D eigenvalue weighted by molar-refractivity contribution is 7.79. The van der Waals surface area contributed by atoms with Crippen molar-refractivity contribution < 1.29 is 27.4 Å². The minimum Gasteiger partial charge on any atom is -0.507 e. The van der Waals surface area contributed by atoms with Crippen molar-refractivity contribution in [3.8, 4) is 5.75 Å². The minimum absolute atomic E-state index is 0.00319. The number of nitrogens with one attached hydrogen (secondary N) is 1. The molecule has 138 valence electrons. The van der Waals surface area contributed by atoms with Crippen molar-refractivity contribution in [1.29, 1.82) is 0 Å². The fourth-order valence-electron chi connectivity index (χ4n) is 1.89. The lowest BCUT2D eigenvalue weighted by Crippen LogP contribution is -2.31. The summed E-state index contributed by atoms with van der Waals surface area (Å²) in [5.74, 6) is 4.71. The number of amides is 1. The van der Waals surface area contributed by atoms with Gasteiger partial charge in [-0.05, 0) is 22.5 Å². The van der Waals surface area contributed by atoms with Crippen LogP contribution in [0, 0.1) is 0 Å². The molecule has 9 heteroatoms. The van der Waals surface area contributed by atoms with Gasteiger partial charge in [-0.3, -0.25) is 19.3 Å². The SMILES string of the molecule is CC(C)(C)c1cc(C(=O)NN)c(O)c(C(C)(C)C)c1.O=S(=O)(O)O. The van der Waals surface area contributed by atoms with Crippen molar-refractivity contribution in [3.63, 3.8) is 0 Å². The molecule has 24 heavy (non-hydrogen) atoms.